The lowest BCUT2D eigenvalue weighted by atomic mass is 9.74. The van der Waals surface area contributed by atoms with Crippen molar-refractivity contribution in [3.8, 4) is 0 Å². The number of rotatable bonds is 4. The number of benzene rings is 1. The highest BCUT2D eigenvalue weighted by Gasteiger charge is 2.56. The summed E-state index contributed by atoms with van der Waals surface area (Å²) >= 11 is 3.50. The van der Waals surface area contributed by atoms with E-state index >= 15 is 0 Å². The van der Waals surface area contributed by atoms with Crippen molar-refractivity contribution >= 4 is 40.1 Å². The molecule has 1 aromatic rings. The molecule has 30 heavy (non-hydrogen) atoms. The van der Waals surface area contributed by atoms with E-state index in [2.05, 4.69) is 40.3 Å². The van der Waals surface area contributed by atoms with Crippen LogP contribution < -0.4 is 4.72 Å². The minimum atomic E-state index is -3.61. The second kappa shape index (κ2) is 7.76. The quantitative estimate of drug-likeness (QED) is 0.595. The standard InChI is InChI=1S/C21H31BrN2O4SSi/c1-20(2,3)28-19(25)24-13-21(14-24)12-15-7-8-16(22)11-17(15)18(21)23-29(26,27)9-10-30(4,5)6/h7-11,18,23H,12-14H2,1-6H3. The van der Waals surface area contributed by atoms with Crippen LogP contribution in [0.5, 0.6) is 0 Å². The maximum absolute atomic E-state index is 12.9. The summed E-state index contributed by atoms with van der Waals surface area (Å²) in [7, 11) is -5.27. The van der Waals surface area contributed by atoms with E-state index in [1.807, 2.05) is 44.7 Å². The number of amides is 1. The molecule has 0 aromatic heterocycles. The summed E-state index contributed by atoms with van der Waals surface area (Å²) in [5.41, 5.74) is 2.99. The van der Waals surface area contributed by atoms with Crippen molar-refractivity contribution in [1.29, 1.82) is 0 Å². The lowest BCUT2D eigenvalue weighted by molar-refractivity contribution is -0.0420. The number of nitrogens with zero attached hydrogens (tertiary/aromatic N) is 1. The minimum absolute atomic E-state index is 0.356. The van der Waals surface area contributed by atoms with E-state index in [9.17, 15) is 13.2 Å². The number of sulfonamides is 1. The van der Waals surface area contributed by atoms with Crippen molar-refractivity contribution in [2.24, 2.45) is 5.41 Å². The molecule has 1 fully saturated rings. The van der Waals surface area contributed by atoms with Crippen molar-refractivity contribution < 1.29 is 17.9 Å². The second-order valence-electron chi connectivity index (χ2n) is 10.5. The summed E-state index contributed by atoms with van der Waals surface area (Å²) in [6, 6.07) is 5.60. The number of likely N-dealkylation sites (tertiary alicyclic amines) is 1. The fourth-order valence-electron chi connectivity index (χ4n) is 3.96. The molecule has 1 amide bonds. The number of carbonyl (C=O) groups excluding carboxylic acids is 1. The molecule has 1 aromatic carbocycles. The van der Waals surface area contributed by atoms with Gasteiger partial charge in [-0.25, -0.2) is 17.9 Å². The van der Waals surface area contributed by atoms with E-state index in [1.165, 1.54) is 5.41 Å². The molecule has 1 unspecified atom stereocenters. The molecule has 1 spiro atoms. The van der Waals surface area contributed by atoms with Gasteiger partial charge in [-0.2, -0.15) is 0 Å². The van der Waals surface area contributed by atoms with Crippen molar-refractivity contribution in [2.45, 2.75) is 58.5 Å². The molecule has 1 N–H and O–H groups in total. The van der Waals surface area contributed by atoms with Crippen LogP contribution in [0.2, 0.25) is 19.6 Å². The first-order valence-corrected chi connectivity index (χ1v) is 16.0. The van der Waals surface area contributed by atoms with Crippen molar-refractivity contribution in [2.75, 3.05) is 13.1 Å². The first-order chi connectivity index (χ1) is 13.6. The Hall–Kier alpha value is -1.16. The highest BCUT2D eigenvalue weighted by Crippen LogP contribution is 2.52. The van der Waals surface area contributed by atoms with Crippen LogP contribution in [0.15, 0.2) is 33.8 Å². The molecule has 3 rings (SSSR count). The van der Waals surface area contributed by atoms with Crippen molar-refractivity contribution in [3.63, 3.8) is 0 Å². The normalized spacial score (nSPS) is 21.0. The van der Waals surface area contributed by atoms with Gasteiger partial charge in [0.05, 0.1) is 14.1 Å². The van der Waals surface area contributed by atoms with Crippen LogP contribution in [0.3, 0.4) is 0 Å². The Morgan fingerprint density at radius 2 is 1.93 bits per heavy atom. The van der Waals surface area contributed by atoms with Gasteiger partial charge >= 0.3 is 6.09 Å². The molecular weight excluding hydrogens is 484 g/mol. The zero-order valence-corrected chi connectivity index (χ0v) is 21.9. The molecule has 0 saturated carbocycles. The number of nitrogens with one attached hydrogen (secondary N) is 1. The van der Waals surface area contributed by atoms with Crippen molar-refractivity contribution in [1.82, 2.24) is 9.62 Å². The third kappa shape index (κ3) is 5.36. The Labute approximate surface area is 189 Å². The molecule has 1 heterocycles. The van der Waals surface area contributed by atoms with E-state index in [4.69, 9.17) is 4.74 Å². The number of hydrogen-bond acceptors (Lipinski definition) is 4. The van der Waals surface area contributed by atoms with E-state index in [1.54, 1.807) is 4.90 Å². The van der Waals surface area contributed by atoms with E-state index in [0.717, 1.165) is 22.0 Å². The molecule has 1 aliphatic heterocycles. The van der Waals surface area contributed by atoms with Crippen LogP contribution in [0.25, 0.3) is 0 Å². The third-order valence-corrected chi connectivity index (χ3v) is 8.23. The van der Waals surface area contributed by atoms with Crippen LogP contribution >= 0.6 is 15.9 Å². The van der Waals surface area contributed by atoms with Gasteiger partial charge in [0.15, 0.2) is 0 Å². The lowest BCUT2D eigenvalue weighted by Crippen LogP contribution is -2.63. The molecule has 1 atom stereocenters. The molecule has 9 heteroatoms. The van der Waals surface area contributed by atoms with Crippen LogP contribution in [0, 0.1) is 5.41 Å². The van der Waals surface area contributed by atoms with Gasteiger partial charge < -0.3 is 9.64 Å². The Morgan fingerprint density at radius 1 is 1.30 bits per heavy atom. The molecule has 0 bridgehead atoms. The van der Waals surface area contributed by atoms with Crippen LogP contribution in [-0.2, 0) is 21.2 Å². The van der Waals surface area contributed by atoms with Gasteiger partial charge in [0, 0.05) is 28.4 Å². The molecule has 0 radical (unpaired) electrons. The first kappa shape index (κ1) is 23.5. The SMILES string of the molecule is CC(C)(C)OC(=O)N1CC2(Cc3ccc(Br)cc3C2NS(=O)(=O)C=C[Si](C)(C)C)C1. The molecule has 1 aliphatic carbocycles. The summed E-state index contributed by atoms with van der Waals surface area (Å²) in [6.45, 7) is 12.7. The zero-order valence-electron chi connectivity index (χ0n) is 18.5. The summed E-state index contributed by atoms with van der Waals surface area (Å²) in [5, 5.41) is 1.31. The maximum Gasteiger partial charge on any atom is 0.410 e. The average molecular weight is 516 g/mol. The Balaban J connectivity index is 1.86. The van der Waals surface area contributed by atoms with E-state index in [-0.39, 0.29) is 17.6 Å². The average Bonchev–Trinajstić information content (AvgIpc) is 2.83. The Kier molecular flexibility index (Phi) is 6.08. The van der Waals surface area contributed by atoms with Gasteiger partial charge in [0.2, 0.25) is 10.0 Å². The summed E-state index contributed by atoms with van der Waals surface area (Å²) in [4.78, 5) is 14.1. The monoisotopic (exact) mass is 514 g/mol. The molecule has 1 saturated heterocycles. The van der Waals surface area contributed by atoms with Crippen LogP contribution in [0.1, 0.15) is 37.9 Å². The van der Waals surface area contributed by atoms with Crippen molar-refractivity contribution in [3.05, 3.63) is 44.9 Å². The van der Waals surface area contributed by atoms with Gasteiger partial charge in [-0.1, -0.05) is 47.3 Å². The van der Waals surface area contributed by atoms with Crippen LogP contribution in [0.4, 0.5) is 4.79 Å². The number of halogens is 1. The molecule has 6 nitrogen and oxygen atoms in total. The predicted octanol–water partition coefficient (Wildman–Crippen LogP) is 4.59. The topological polar surface area (TPSA) is 75.7 Å². The smallest absolute Gasteiger partial charge is 0.410 e. The number of hydrogen-bond donors (Lipinski definition) is 1. The largest absolute Gasteiger partial charge is 0.444 e. The highest BCUT2D eigenvalue weighted by molar-refractivity contribution is 9.10. The third-order valence-electron chi connectivity index (χ3n) is 5.27. The summed E-state index contributed by atoms with van der Waals surface area (Å²) in [5.74, 6) is 0. The predicted molar refractivity (Wildman–Crippen MR) is 125 cm³/mol. The van der Waals surface area contributed by atoms with Gasteiger partial charge in [-0.3, -0.25) is 0 Å². The summed E-state index contributed by atoms with van der Waals surface area (Å²) < 4.78 is 35.0. The number of ether oxygens (including phenoxy) is 1. The zero-order chi connectivity index (χ0) is 22.5. The first-order valence-electron chi connectivity index (χ1n) is 10.1. The van der Waals surface area contributed by atoms with E-state index in [0.29, 0.717) is 13.1 Å². The second-order valence-corrected chi connectivity index (χ2v) is 18.1. The van der Waals surface area contributed by atoms with E-state index < -0.39 is 23.7 Å². The van der Waals surface area contributed by atoms with Gasteiger partial charge in [0.1, 0.15) is 5.60 Å². The lowest BCUT2D eigenvalue weighted by Gasteiger charge is -2.51. The molecular formula is C21H31BrN2O4SSi. The molecule has 166 valence electrons. The van der Waals surface area contributed by atoms with Gasteiger partial charge in [-0.15, -0.1) is 0 Å². The van der Waals surface area contributed by atoms with Gasteiger partial charge in [0.25, 0.3) is 0 Å². The van der Waals surface area contributed by atoms with Gasteiger partial charge in [-0.05, 0) is 50.5 Å². The number of carbonyl (C=O) groups is 1. The fraction of sp³-hybridized carbons (Fsp3) is 0.571. The Morgan fingerprint density at radius 3 is 2.50 bits per heavy atom. The molecule has 2 aliphatic rings. The Bertz CT molecular complexity index is 974. The van der Waals surface area contributed by atoms with Crippen LogP contribution in [-0.4, -0.2) is 46.2 Å². The fourth-order valence-corrected chi connectivity index (χ4v) is 7.47. The summed E-state index contributed by atoms with van der Waals surface area (Å²) in [6.07, 6.45) is 0.366. The highest BCUT2D eigenvalue weighted by atomic mass is 79.9. The number of fused-ring (bicyclic) bond motifs is 1. The minimum Gasteiger partial charge on any atom is -0.444 e. The maximum atomic E-state index is 12.9.